The lowest BCUT2D eigenvalue weighted by molar-refractivity contribution is -0.132. The molecule has 3 N–H and O–H groups in total. The van der Waals surface area contributed by atoms with Crippen molar-refractivity contribution in [3.63, 3.8) is 0 Å². The maximum atomic E-state index is 13.1. The fourth-order valence-electron chi connectivity index (χ4n) is 3.98. The first-order chi connectivity index (χ1) is 15.3. The molecule has 32 heavy (non-hydrogen) atoms. The van der Waals surface area contributed by atoms with Crippen molar-refractivity contribution >= 4 is 29.2 Å². The van der Waals surface area contributed by atoms with Gasteiger partial charge < -0.3 is 19.9 Å². The van der Waals surface area contributed by atoms with Gasteiger partial charge in [-0.2, -0.15) is 0 Å². The van der Waals surface area contributed by atoms with E-state index in [1.807, 2.05) is 0 Å². The lowest BCUT2D eigenvalue weighted by atomic mass is 9.95. The van der Waals surface area contributed by atoms with Crippen LogP contribution in [0, 0.1) is 20.8 Å². The molecule has 4 heterocycles. The zero-order chi connectivity index (χ0) is 23.2. The van der Waals surface area contributed by atoms with Gasteiger partial charge in [-0.25, -0.2) is 0 Å². The fraction of sp³-hybridized carbons (Fsp3) is 0.227. The van der Waals surface area contributed by atoms with Gasteiger partial charge in [0.2, 0.25) is 0 Å². The molecule has 0 aromatic carbocycles. The maximum absolute atomic E-state index is 13.1. The third-order valence-electron chi connectivity index (χ3n) is 5.44. The molecular weight excluding hydrogens is 414 g/mol. The monoisotopic (exact) mass is 435 g/mol. The summed E-state index contributed by atoms with van der Waals surface area (Å²) in [6.07, 6.45) is 3.07. The normalized spacial score (nSPS) is 17.8. The second-order valence-electron chi connectivity index (χ2n) is 7.46. The number of amides is 2. The number of ketones is 1. The van der Waals surface area contributed by atoms with Gasteiger partial charge in [-0.1, -0.05) is 11.2 Å². The Morgan fingerprint density at radius 1 is 1.28 bits per heavy atom. The minimum atomic E-state index is -0.981. The average Bonchev–Trinajstić information content (AvgIpc) is 3.42. The number of aliphatic hydroxyl groups excluding tert-OH is 1. The number of carbonyl (C=O) groups is 3. The minimum absolute atomic E-state index is 0.127. The number of anilines is 1. The van der Waals surface area contributed by atoms with E-state index in [1.165, 1.54) is 24.2 Å². The molecule has 3 aromatic rings. The number of hydrogen-bond donors (Lipinski definition) is 3. The molecule has 0 bridgehead atoms. The van der Waals surface area contributed by atoms with Crippen LogP contribution >= 0.6 is 0 Å². The van der Waals surface area contributed by atoms with Gasteiger partial charge in [-0.05, 0) is 38.0 Å². The van der Waals surface area contributed by atoms with Gasteiger partial charge in [0.25, 0.3) is 11.7 Å². The van der Waals surface area contributed by atoms with Crippen LogP contribution in [0.5, 0.6) is 0 Å². The minimum Gasteiger partial charge on any atom is -0.507 e. The van der Waals surface area contributed by atoms with Crippen LogP contribution in [0.15, 0.2) is 40.7 Å². The maximum Gasteiger partial charge on any atom is 0.301 e. The third-order valence-corrected chi connectivity index (χ3v) is 5.44. The summed E-state index contributed by atoms with van der Waals surface area (Å²) in [6, 6.07) is 3.92. The van der Waals surface area contributed by atoms with Crippen LogP contribution in [-0.4, -0.2) is 44.9 Å². The van der Waals surface area contributed by atoms with Crippen molar-refractivity contribution in [2.45, 2.75) is 26.8 Å². The van der Waals surface area contributed by atoms with E-state index in [9.17, 15) is 19.5 Å². The molecule has 1 aliphatic heterocycles. The molecule has 1 saturated heterocycles. The van der Waals surface area contributed by atoms with Gasteiger partial charge in [-0.3, -0.25) is 24.3 Å². The summed E-state index contributed by atoms with van der Waals surface area (Å²) in [5, 5.41) is 17.7. The first-order valence-corrected chi connectivity index (χ1v) is 9.82. The van der Waals surface area contributed by atoms with Crippen LogP contribution in [0.4, 0.5) is 5.82 Å². The number of carbonyl (C=O) groups excluding carboxylic acids is 3. The molecule has 1 atom stereocenters. The van der Waals surface area contributed by atoms with E-state index in [-0.39, 0.29) is 34.3 Å². The van der Waals surface area contributed by atoms with Gasteiger partial charge >= 0.3 is 5.91 Å². The van der Waals surface area contributed by atoms with Gasteiger partial charge in [0, 0.05) is 36.8 Å². The van der Waals surface area contributed by atoms with Crippen molar-refractivity contribution in [2.24, 2.45) is 0 Å². The summed E-state index contributed by atoms with van der Waals surface area (Å²) in [5.41, 5.74) is 1.85. The van der Waals surface area contributed by atoms with Gasteiger partial charge in [0.15, 0.2) is 5.82 Å². The fourth-order valence-corrected chi connectivity index (χ4v) is 3.98. The number of pyridine rings is 1. The van der Waals surface area contributed by atoms with Crippen molar-refractivity contribution in [2.75, 3.05) is 11.9 Å². The van der Waals surface area contributed by atoms with Crippen LogP contribution in [0.25, 0.3) is 5.76 Å². The van der Waals surface area contributed by atoms with E-state index in [1.54, 1.807) is 39.1 Å². The lowest BCUT2D eigenvalue weighted by Crippen LogP contribution is -2.29. The van der Waals surface area contributed by atoms with E-state index in [0.29, 0.717) is 22.6 Å². The van der Waals surface area contributed by atoms with E-state index < -0.39 is 17.7 Å². The number of Topliss-reactive ketones (excluding diaryl/α,β-unsaturated/α-hetero) is 1. The average molecular weight is 435 g/mol. The second-order valence-corrected chi connectivity index (χ2v) is 7.46. The number of aromatic nitrogens is 3. The van der Waals surface area contributed by atoms with Crippen molar-refractivity contribution < 1.29 is 24.0 Å². The second kappa shape index (κ2) is 7.80. The van der Waals surface area contributed by atoms with E-state index in [0.717, 1.165) is 0 Å². The number of hydrogen-bond acceptors (Lipinski definition) is 7. The van der Waals surface area contributed by atoms with Gasteiger partial charge in [0.1, 0.15) is 17.2 Å². The van der Waals surface area contributed by atoms with Crippen LogP contribution in [0.2, 0.25) is 0 Å². The number of nitrogens with zero attached hydrogens (tertiary/aromatic N) is 3. The van der Waals surface area contributed by atoms with Crippen molar-refractivity contribution in [1.29, 1.82) is 0 Å². The van der Waals surface area contributed by atoms with E-state index in [4.69, 9.17) is 4.52 Å². The standard InChI is InChI=1S/C22H21N5O5/c1-10-8-14(26-32-10)27-18(13-6-5-7-24-9-13)16(20(29)22(27)31)19(28)15-11(2)17(21(30)23-4)25-12(15)3/h5-9,18,25,28H,1-4H3,(H,23,30)/b19-16+. The number of aryl methyl sites for hydroxylation is 2. The predicted molar refractivity (Wildman–Crippen MR) is 114 cm³/mol. The van der Waals surface area contributed by atoms with Crippen LogP contribution < -0.4 is 10.2 Å². The molecule has 4 rings (SSSR count). The SMILES string of the molecule is CNC(=O)c1[nH]c(C)c(/C(O)=C2\C(=O)C(=O)N(c3cc(C)on3)C2c2cccnc2)c1C. The first kappa shape index (κ1) is 21.0. The number of rotatable bonds is 4. The molecule has 164 valence electrons. The van der Waals surface area contributed by atoms with Crippen LogP contribution in [0.1, 0.15) is 44.7 Å². The van der Waals surface area contributed by atoms with Gasteiger partial charge in [0.05, 0.1) is 11.6 Å². The summed E-state index contributed by atoms with van der Waals surface area (Å²) >= 11 is 0. The van der Waals surface area contributed by atoms with Crippen LogP contribution in [0.3, 0.4) is 0 Å². The zero-order valence-corrected chi connectivity index (χ0v) is 17.9. The Morgan fingerprint density at radius 3 is 2.62 bits per heavy atom. The highest BCUT2D eigenvalue weighted by Gasteiger charge is 2.48. The molecule has 0 aliphatic carbocycles. The Balaban J connectivity index is 1.97. The lowest BCUT2D eigenvalue weighted by Gasteiger charge is -2.22. The Hall–Kier alpha value is -4.21. The van der Waals surface area contributed by atoms with E-state index >= 15 is 0 Å². The van der Waals surface area contributed by atoms with Crippen LogP contribution in [-0.2, 0) is 9.59 Å². The quantitative estimate of drug-likeness (QED) is 0.324. The zero-order valence-electron chi connectivity index (χ0n) is 17.9. The Bertz CT molecular complexity index is 1270. The highest BCUT2D eigenvalue weighted by molar-refractivity contribution is 6.51. The van der Waals surface area contributed by atoms with Gasteiger partial charge in [-0.15, -0.1) is 0 Å². The Kier molecular flexibility index (Phi) is 5.13. The number of aromatic amines is 1. The molecule has 1 fully saturated rings. The highest BCUT2D eigenvalue weighted by atomic mass is 16.5. The Labute approximate surface area is 182 Å². The first-order valence-electron chi connectivity index (χ1n) is 9.82. The molecule has 1 aliphatic rings. The van der Waals surface area contributed by atoms with Crippen molar-refractivity contribution in [3.8, 4) is 0 Å². The molecule has 0 spiro atoms. The molecule has 0 radical (unpaired) electrons. The summed E-state index contributed by atoms with van der Waals surface area (Å²) in [7, 11) is 1.49. The molecular formula is C22H21N5O5. The molecule has 10 heteroatoms. The number of aliphatic hydroxyl groups is 1. The number of H-pyrrole nitrogens is 1. The Morgan fingerprint density at radius 2 is 2.03 bits per heavy atom. The van der Waals surface area contributed by atoms with Crippen molar-refractivity contribution in [3.05, 3.63) is 70.0 Å². The summed E-state index contributed by atoms with van der Waals surface area (Å²) in [5.74, 6) is -1.89. The highest BCUT2D eigenvalue weighted by Crippen LogP contribution is 2.42. The number of nitrogens with one attached hydrogen (secondary N) is 2. The molecule has 10 nitrogen and oxygen atoms in total. The predicted octanol–water partition coefficient (Wildman–Crippen LogP) is 2.31. The third kappa shape index (κ3) is 3.16. The molecule has 3 aromatic heterocycles. The smallest absolute Gasteiger partial charge is 0.301 e. The molecule has 2 amide bonds. The topological polar surface area (TPSA) is 141 Å². The molecule has 0 saturated carbocycles. The molecule has 1 unspecified atom stereocenters. The van der Waals surface area contributed by atoms with Crippen molar-refractivity contribution in [1.82, 2.24) is 20.4 Å². The van der Waals surface area contributed by atoms with E-state index in [2.05, 4.69) is 20.4 Å². The summed E-state index contributed by atoms with van der Waals surface area (Å²) < 4.78 is 5.11. The largest absolute Gasteiger partial charge is 0.507 e. The summed E-state index contributed by atoms with van der Waals surface area (Å²) in [4.78, 5) is 46.6. The summed E-state index contributed by atoms with van der Waals surface area (Å²) in [6.45, 7) is 4.99.